The van der Waals surface area contributed by atoms with Crippen LogP contribution in [0.15, 0.2) is 84.2 Å². The summed E-state index contributed by atoms with van der Waals surface area (Å²) in [7, 11) is 3.13. The molecule has 1 aromatic heterocycles. The minimum Gasteiger partial charge on any atom is -0.493 e. The van der Waals surface area contributed by atoms with Crippen LogP contribution in [-0.4, -0.2) is 35.8 Å². The molecule has 40 heavy (non-hydrogen) atoms. The van der Waals surface area contributed by atoms with Crippen molar-refractivity contribution in [3.8, 4) is 11.5 Å². The van der Waals surface area contributed by atoms with Crippen LogP contribution in [0.5, 0.6) is 11.5 Å². The number of allylic oxidation sites excluding steroid dienone is 1. The van der Waals surface area contributed by atoms with Crippen LogP contribution < -0.4 is 25.4 Å². The van der Waals surface area contributed by atoms with Gasteiger partial charge in [-0.2, -0.15) is 5.10 Å². The van der Waals surface area contributed by atoms with Gasteiger partial charge in [-0.1, -0.05) is 42.0 Å². The number of carbonyl (C=O) groups excluding carboxylic acids is 2. The second kappa shape index (κ2) is 11.0. The Labute approximate surface area is 232 Å². The molecule has 0 saturated carbocycles. The van der Waals surface area contributed by atoms with Gasteiger partial charge in [-0.25, -0.2) is 4.68 Å². The zero-order valence-corrected chi connectivity index (χ0v) is 23.0. The number of ether oxygens (including phenoxy) is 2. The molecule has 1 unspecified atom stereocenters. The number of amides is 2. The molecule has 0 aliphatic carbocycles. The lowest BCUT2D eigenvalue weighted by molar-refractivity contribution is -0.113. The minimum atomic E-state index is -0.653. The first kappa shape index (κ1) is 26.6. The standard InChI is InChI=1S/C31H31N5O4/c1-18-11-13-24(19(2)15-18)35-31(38)27-20(3)33-29-23(30(37)34-22-9-7-6-8-10-22)17-32-36(29)28(27)21-12-14-25(39-4)26(16-21)40-5/h6-17,28,33H,1-5H3,(H,34,37)(H,35,38). The van der Waals surface area contributed by atoms with Gasteiger partial charge in [-0.05, 0) is 62.2 Å². The van der Waals surface area contributed by atoms with E-state index in [2.05, 4.69) is 21.0 Å². The van der Waals surface area contributed by atoms with Gasteiger partial charge < -0.3 is 25.4 Å². The maximum Gasteiger partial charge on any atom is 0.261 e. The molecule has 5 rings (SSSR count). The number of methoxy groups -OCH3 is 2. The Kier molecular flexibility index (Phi) is 7.29. The first-order valence-corrected chi connectivity index (χ1v) is 12.8. The quantitative estimate of drug-likeness (QED) is 0.279. The largest absolute Gasteiger partial charge is 0.493 e. The summed E-state index contributed by atoms with van der Waals surface area (Å²) in [5.41, 5.74) is 5.60. The summed E-state index contributed by atoms with van der Waals surface area (Å²) in [6.07, 6.45) is 1.51. The lowest BCUT2D eigenvalue weighted by atomic mass is 9.94. The maximum absolute atomic E-state index is 13.9. The monoisotopic (exact) mass is 537 g/mol. The van der Waals surface area contributed by atoms with Crippen LogP contribution in [0.1, 0.15) is 40.0 Å². The van der Waals surface area contributed by atoms with Gasteiger partial charge in [0.05, 0.1) is 26.0 Å². The highest BCUT2D eigenvalue weighted by molar-refractivity contribution is 6.09. The average Bonchev–Trinajstić information content (AvgIpc) is 3.37. The number of hydrogen-bond acceptors (Lipinski definition) is 6. The normalized spacial score (nSPS) is 14.2. The Morgan fingerprint density at radius 1 is 0.875 bits per heavy atom. The lowest BCUT2D eigenvalue weighted by Crippen LogP contribution is -2.32. The molecule has 1 atom stereocenters. The predicted molar refractivity (Wildman–Crippen MR) is 155 cm³/mol. The predicted octanol–water partition coefficient (Wildman–Crippen LogP) is 5.70. The number of nitrogens with one attached hydrogen (secondary N) is 3. The van der Waals surface area contributed by atoms with Crippen molar-refractivity contribution >= 4 is 29.0 Å². The highest BCUT2D eigenvalue weighted by atomic mass is 16.5. The molecule has 4 aromatic rings. The molecule has 2 heterocycles. The smallest absolute Gasteiger partial charge is 0.261 e. The lowest BCUT2D eigenvalue weighted by Gasteiger charge is -2.30. The number of aromatic nitrogens is 2. The number of carbonyl (C=O) groups is 2. The Bertz CT molecular complexity index is 1620. The number of fused-ring (bicyclic) bond motifs is 1. The van der Waals surface area contributed by atoms with Crippen LogP contribution in [0.25, 0.3) is 0 Å². The summed E-state index contributed by atoms with van der Waals surface area (Å²) in [5, 5.41) is 13.8. The van der Waals surface area contributed by atoms with Gasteiger partial charge in [0.15, 0.2) is 11.5 Å². The van der Waals surface area contributed by atoms with E-state index in [-0.39, 0.29) is 11.8 Å². The molecule has 0 spiro atoms. The Morgan fingerprint density at radius 2 is 1.62 bits per heavy atom. The van der Waals surface area contributed by atoms with Crippen molar-refractivity contribution in [2.45, 2.75) is 26.8 Å². The van der Waals surface area contributed by atoms with Crippen molar-refractivity contribution in [2.24, 2.45) is 0 Å². The Hall–Kier alpha value is -5.05. The molecular weight excluding hydrogens is 506 g/mol. The molecule has 0 saturated heterocycles. The highest BCUT2D eigenvalue weighted by Gasteiger charge is 2.36. The van der Waals surface area contributed by atoms with Crippen LogP contribution in [0.2, 0.25) is 0 Å². The van der Waals surface area contributed by atoms with E-state index in [9.17, 15) is 9.59 Å². The van der Waals surface area contributed by atoms with E-state index in [1.54, 1.807) is 25.0 Å². The fourth-order valence-corrected chi connectivity index (χ4v) is 4.91. The molecule has 9 heteroatoms. The molecule has 204 valence electrons. The summed E-state index contributed by atoms with van der Waals surface area (Å²) < 4.78 is 12.7. The molecule has 9 nitrogen and oxygen atoms in total. The average molecular weight is 538 g/mol. The molecule has 1 aliphatic heterocycles. The summed E-state index contributed by atoms with van der Waals surface area (Å²) in [4.78, 5) is 27.1. The number of para-hydroxylation sites is 1. The van der Waals surface area contributed by atoms with E-state index in [1.165, 1.54) is 6.20 Å². The van der Waals surface area contributed by atoms with Crippen molar-refractivity contribution in [1.29, 1.82) is 0 Å². The second-order valence-corrected chi connectivity index (χ2v) is 9.62. The molecular formula is C31H31N5O4. The SMILES string of the molecule is COc1ccc(C2C(C(=O)Nc3ccc(C)cc3C)=C(C)Nc3c(C(=O)Nc4ccccc4)cnn32)cc1OC. The van der Waals surface area contributed by atoms with Gasteiger partial charge in [0, 0.05) is 17.1 Å². The van der Waals surface area contributed by atoms with E-state index in [0.717, 1.165) is 22.4 Å². The fourth-order valence-electron chi connectivity index (χ4n) is 4.91. The third-order valence-electron chi connectivity index (χ3n) is 6.90. The number of benzene rings is 3. The van der Waals surface area contributed by atoms with Crippen LogP contribution in [-0.2, 0) is 4.79 Å². The first-order chi connectivity index (χ1) is 19.3. The minimum absolute atomic E-state index is 0.284. The van der Waals surface area contributed by atoms with E-state index in [0.29, 0.717) is 39.8 Å². The van der Waals surface area contributed by atoms with Gasteiger partial charge in [0.2, 0.25) is 0 Å². The molecule has 0 bridgehead atoms. The number of aryl methyl sites for hydroxylation is 2. The third-order valence-corrected chi connectivity index (χ3v) is 6.90. The van der Waals surface area contributed by atoms with Crippen molar-refractivity contribution < 1.29 is 19.1 Å². The zero-order valence-electron chi connectivity index (χ0n) is 23.0. The first-order valence-electron chi connectivity index (χ1n) is 12.8. The van der Waals surface area contributed by atoms with E-state index in [1.807, 2.05) is 81.4 Å². The van der Waals surface area contributed by atoms with Crippen LogP contribution in [0, 0.1) is 13.8 Å². The number of hydrogen-bond donors (Lipinski definition) is 3. The second-order valence-electron chi connectivity index (χ2n) is 9.62. The van der Waals surface area contributed by atoms with Crippen molar-refractivity contribution in [3.63, 3.8) is 0 Å². The van der Waals surface area contributed by atoms with Gasteiger partial charge in [0.1, 0.15) is 17.4 Å². The highest BCUT2D eigenvalue weighted by Crippen LogP contribution is 2.40. The van der Waals surface area contributed by atoms with E-state index in [4.69, 9.17) is 9.47 Å². The van der Waals surface area contributed by atoms with Crippen molar-refractivity contribution in [3.05, 3.63) is 106 Å². The third kappa shape index (κ3) is 5.01. The Balaban J connectivity index is 1.59. The molecule has 3 aromatic carbocycles. The fraction of sp³-hybridized carbons (Fsp3) is 0.194. The zero-order chi connectivity index (χ0) is 28.4. The molecule has 0 fully saturated rings. The summed E-state index contributed by atoms with van der Waals surface area (Å²) >= 11 is 0. The number of rotatable bonds is 7. The van der Waals surface area contributed by atoms with Crippen LogP contribution in [0.3, 0.4) is 0 Å². The van der Waals surface area contributed by atoms with Gasteiger partial charge in [-0.15, -0.1) is 0 Å². The Morgan fingerprint density at radius 3 is 2.33 bits per heavy atom. The topological polar surface area (TPSA) is 107 Å². The van der Waals surface area contributed by atoms with Gasteiger partial charge in [-0.3, -0.25) is 9.59 Å². The number of nitrogens with zero attached hydrogens (tertiary/aromatic N) is 2. The molecule has 0 radical (unpaired) electrons. The molecule has 2 amide bonds. The molecule has 3 N–H and O–H groups in total. The van der Waals surface area contributed by atoms with Crippen LogP contribution >= 0.6 is 0 Å². The van der Waals surface area contributed by atoms with Crippen molar-refractivity contribution in [2.75, 3.05) is 30.2 Å². The van der Waals surface area contributed by atoms with Crippen LogP contribution in [0.4, 0.5) is 17.2 Å². The van der Waals surface area contributed by atoms with E-state index >= 15 is 0 Å². The summed E-state index contributed by atoms with van der Waals surface area (Å²) in [6, 6.07) is 19.9. The van der Waals surface area contributed by atoms with Crippen molar-refractivity contribution in [1.82, 2.24) is 9.78 Å². The maximum atomic E-state index is 13.9. The van der Waals surface area contributed by atoms with E-state index < -0.39 is 6.04 Å². The summed E-state index contributed by atoms with van der Waals surface area (Å²) in [6.45, 7) is 5.78. The van der Waals surface area contributed by atoms with Gasteiger partial charge in [0.25, 0.3) is 11.8 Å². The summed E-state index contributed by atoms with van der Waals surface area (Å²) in [5.74, 6) is 0.954. The number of anilines is 3. The van der Waals surface area contributed by atoms with Gasteiger partial charge >= 0.3 is 0 Å². The molecule has 1 aliphatic rings.